The normalized spacial score (nSPS) is 10.4. The van der Waals surface area contributed by atoms with Crippen LogP contribution in [0.2, 0.25) is 0 Å². The SMILES string of the molecule is CCOc1ccc(C(=O)NCc2csc(-c3ccccc3)n2)cc1OCC. The maximum atomic E-state index is 12.5. The summed E-state index contributed by atoms with van der Waals surface area (Å²) in [5.41, 5.74) is 2.44. The zero-order valence-electron chi connectivity index (χ0n) is 15.4. The Morgan fingerprint density at radius 3 is 2.52 bits per heavy atom. The van der Waals surface area contributed by atoms with Gasteiger partial charge in [0.2, 0.25) is 0 Å². The van der Waals surface area contributed by atoms with E-state index >= 15 is 0 Å². The molecule has 0 aliphatic rings. The molecule has 0 aliphatic heterocycles. The van der Waals surface area contributed by atoms with Crippen molar-refractivity contribution in [1.29, 1.82) is 0 Å². The van der Waals surface area contributed by atoms with Gasteiger partial charge in [0.15, 0.2) is 11.5 Å². The smallest absolute Gasteiger partial charge is 0.251 e. The van der Waals surface area contributed by atoms with E-state index in [1.165, 1.54) is 0 Å². The van der Waals surface area contributed by atoms with E-state index in [1.54, 1.807) is 29.5 Å². The van der Waals surface area contributed by atoms with Crippen LogP contribution in [0.3, 0.4) is 0 Å². The van der Waals surface area contributed by atoms with Crippen LogP contribution in [0.4, 0.5) is 0 Å². The number of nitrogens with zero attached hydrogens (tertiary/aromatic N) is 1. The summed E-state index contributed by atoms with van der Waals surface area (Å²) < 4.78 is 11.1. The first-order valence-corrected chi connectivity index (χ1v) is 9.77. The van der Waals surface area contributed by atoms with E-state index in [1.807, 2.05) is 49.6 Å². The summed E-state index contributed by atoms with van der Waals surface area (Å²) in [6.07, 6.45) is 0. The van der Waals surface area contributed by atoms with Gasteiger partial charge < -0.3 is 14.8 Å². The van der Waals surface area contributed by atoms with Gasteiger partial charge in [0.25, 0.3) is 5.91 Å². The highest BCUT2D eigenvalue weighted by Gasteiger charge is 2.12. The minimum atomic E-state index is -0.173. The van der Waals surface area contributed by atoms with E-state index in [0.717, 1.165) is 16.3 Å². The molecule has 27 heavy (non-hydrogen) atoms. The van der Waals surface area contributed by atoms with Crippen molar-refractivity contribution in [3.63, 3.8) is 0 Å². The first kappa shape index (κ1) is 18.9. The monoisotopic (exact) mass is 382 g/mol. The van der Waals surface area contributed by atoms with Crippen LogP contribution in [0, 0.1) is 0 Å². The fraction of sp³-hybridized carbons (Fsp3) is 0.238. The summed E-state index contributed by atoms with van der Waals surface area (Å²) in [5.74, 6) is 1.04. The molecule has 0 bridgehead atoms. The number of nitrogens with one attached hydrogen (secondary N) is 1. The molecule has 2 aromatic carbocycles. The highest BCUT2D eigenvalue weighted by molar-refractivity contribution is 7.13. The second kappa shape index (κ2) is 9.19. The highest BCUT2D eigenvalue weighted by Crippen LogP contribution is 2.28. The Kier molecular flexibility index (Phi) is 6.44. The maximum Gasteiger partial charge on any atom is 0.251 e. The molecule has 1 aromatic heterocycles. The van der Waals surface area contributed by atoms with Crippen LogP contribution in [0.15, 0.2) is 53.9 Å². The molecule has 0 aliphatic carbocycles. The fourth-order valence-corrected chi connectivity index (χ4v) is 3.39. The van der Waals surface area contributed by atoms with E-state index in [-0.39, 0.29) is 5.91 Å². The van der Waals surface area contributed by atoms with Gasteiger partial charge in [-0.3, -0.25) is 4.79 Å². The average Bonchev–Trinajstić information content (AvgIpc) is 3.17. The summed E-state index contributed by atoms with van der Waals surface area (Å²) in [5, 5.41) is 5.82. The number of carbonyl (C=O) groups is 1. The van der Waals surface area contributed by atoms with Crippen LogP contribution < -0.4 is 14.8 Å². The van der Waals surface area contributed by atoms with Gasteiger partial charge in [-0.15, -0.1) is 11.3 Å². The zero-order valence-corrected chi connectivity index (χ0v) is 16.2. The van der Waals surface area contributed by atoms with Gasteiger partial charge in [-0.05, 0) is 32.0 Å². The predicted octanol–water partition coefficient (Wildman–Crippen LogP) is 4.54. The molecule has 6 heteroatoms. The standard InChI is InChI=1S/C21H22N2O3S/c1-3-25-18-11-10-16(12-19(18)26-4-2)20(24)22-13-17-14-27-21(23-17)15-8-6-5-7-9-15/h5-12,14H,3-4,13H2,1-2H3,(H,22,24). The van der Waals surface area contributed by atoms with E-state index in [2.05, 4.69) is 10.3 Å². The molecule has 5 nitrogen and oxygen atoms in total. The number of ether oxygens (including phenoxy) is 2. The molecule has 140 valence electrons. The number of carbonyl (C=O) groups excluding carboxylic acids is 1. The van der Waals surface area contributed by atoms with Crippen molar-refractivity contribution in [2.45, 2.75) is 20.4 Å². The van der Waals surface area contributed by atoms with E-state index < -0.39 is 0 Å². The Hall–Kier alpha value is -2.86. The Morgan fingerprint density at radius 2 is 1.78 bits per heavy atom. The van der Waals surface area contributed by atoms with Crippen LogP contribution in [0.5, 0.6) is 11.5 Å². The van der Waals surface area contributed by atoms with Crippen molar-refractivity contribution in [3.05, 3.63) is 65.2 Å². The van der Waals surface area contributed by atoms with Crippen LogP contribution in [-0.2, 0) is 6.54 Å². The minimum absolute atomic E-state index is 0.173. The van der Waals surface area contributed by atoms with Crippen molar-refractivity contribution in [3.8, 4) is 22.1 Å². The Balaban J connectivity index is 1.66. The molecule has 1 amide bonds. The van der Waals surface area contributed by atoms with Crippen LogP contribution >= 0.6 is 11.3 Å². The quantitative estimate of drug-likeness (QED) is 0.621. The molecule has 1 N–H and O–H groups in total. The third-order valence-electron chi connectivity index (χ3n) is 3.81. The lowest BCUT2D eigenvalue weighted by Gasteiger charge is -2.12. The molecule has 0 spiro atoms. The highest BCUT2D eigenvalue weighted by atomic mass is 32.1. The third kappa shape index (κ3) is 4.86. The number of rotatable bonds is 8. The fourth-order valence-electron chi connectivity index (χ4n) is 2.57. The zero-order chi connectivity index (χ0) is 19.1. The van der Waals surface area contributed by atoms with Gasteiger partial charge >= 0.3 is 0 Å². The lowest BCUT2D eigenvalue weighted by Crippen LogP contribution is -2.23. The number of aromatic nitrogens is 1. The first-order valence-electron chi connectivity index (χ1n) is 8.89. The molecule has 0 saturated carbocycles. The molecule has 0 radical (unpaired) electrons. The van der Waals surface area contributed by atoms with Crippen LogP contribution in [0.25, 0.3) is 10.6 Å². The molecule has 0 fully saturated rings. The van der Waals surface area contributed by atoms with E-state index in [9.17, 15) is 4.79 Å². The van der Waals surface area contributed by atoms with Gasteiger partial charge in [-0.1, -0.05) is 30.3 Å². The summed E-state index contributed by atoms with van der Waals surface area (Å²) in [6, 6.07) is 15.2. The molecule has 3 aromatic rings. The first-order chi connectivity index (χ1) is 13.2. The van der Waals surface area contributed by atoms with Crippen molar-refractivity contribution in [2.75, 3.05) is 13.2 Å². The summed E-state index contributed by atoms with van der Waals surface area (Å²) >= 11 is 1.57. The van der Waals surface area contributed by atoms with E-state index in [4.69, 9.17) is 9.47 Å². The molecule has 3 rings (SSSR count). The predicted molar refractivity (Wildman–Crippen MR) is 108 cm³/mol. The van der Waals surface area contributed by atoms with Crippen molar-refractivity contribution >= 4 is 17.2 Å². The molecule has 1 heterocycles. The molecular formula is C21H22N2O3S. The lowest BCUT2D eigenvalue weighted by molar-refractivity contribution is 0.0950. The van der Waals surface area contributed by atoms with Gasteiger partial charge in [0.1, 0.15) is 5.01 Å². The Labute approximate surface area is 163 Å². The van der Waals surface area contributed by atoms with E-state index in [0.29, 0.717) is 36.8 Å². The molecule has 0 atom stereocenters. The lowest BCUT2D eigenvalue weighted by atomic mass is 10.2. The third-order valence-corrected chi connectivity index (χ3v) is 4.75. The van der Waals surface area contributed by atoms with Crippen molar-refractivity contribution < 1.29 is 14.3 Å². The minimum Gasteiger partial charge on any atom is -0.490 e. The number of hydrogen-bond donors (Lipinski definition) is 1. The van der Waals surface area contributed by atoms with Gasteiger partial charge in [0, 0.05) is 16.5 Å². The number of thiazole rings is 1. The summed E-state index contributed by atoms with van der Waals surface area (Å²) in [7, 11) is 0. The van der Waals surface area contributed by atoms with Crippen LogP contribution in [-0.4, -0.2) is 24.1 Å². The van der Waals surface area contributed by atoms with Gasteiger partial charge in [-0.2, -0.15) is 0 Å². The molecule has 0 unspecified atom stereocenters. The van der Waals surface area contributed by atoms with Crippen molar-refractivity contribution in [2.24, 2.45) is 0 Å². The van der Waals surface area contributed by atoms with Crippen LogP contribution in [0.1, 0.15) is 29.9 Å². The molecular weight excluding hydrogens is 360 g/mol. The maximum absolute atomic E-state index is 12.5. The number of benzene rings is 2. The van der Waals surface area contributed by atoms with Crippen molar-refractivity contribution in [1.82, 2.24) is 10.3 Å². The largest absolute Gasteiger partial charge is 0.490 e. The topological polar surface area (TPSA) is 60.5 Å². The van der Waals surface area contributed by atoms with Gasteiger partial charge in [-0.25, -0.2) is 4.98 Å². The second-order valence-corrected chi connectivity index (χ2v) is 6.58. The molecule has 0 saturated heterocycles. The number of hydrogen-bond acceptors (Lipinski definition) is 5. The average molecular weight is 382 g/mol. The summed E-state index contributed by atoms with van der Waals surface area (Å²) in [4.78, 5) is 17.1. The second-order valence-electron chi connectivity index (χ2n) is 5.72. The van der Waals surface area contributed by atoms with Gasteiger partial charge in [0.05, 0.1) is 25.5 Å². The number of amides is 1. The summed E-state index contributed by atoms with van der Waals surface area (Å²) in [6.45, 7) is 5.23. The Bertz CT molecular complexity index is 893. The Morgan fingerprint density at radius 1 is 1.04 bits per heavy atom.